The lowest BCUT2D eigenvalue weighted by atomic mass is 9.86. The summed E-state index contributed by atoms with van der Waals surface area (Å²) in [5.74, 6) is 0. The molecule has 6 atom stereocenters. The zero-order chi connectivity index (χ0) is 42.8. The summed E-state index contributed by atoms with van der Waals surface area (Å²) < 4.78 is 3.42. The highest BCUT2D eigenvalue weighted by atomic mass is 16.1. The number of nitrogens with zero attached hydrogens (tertiary/aromatic N) is 9. The van der Waals surface area contributed by atoms with Gasteiger partial charge >= 0.3 is 0 Å². The van der Waals surface area contributed by atoms with E-state index in [1.165, 1.54) is 69.7 Å². The summed E-state index contributed by atoms with van der Waals surface area (Å²) >= 11 is 0. The Morgan fingerprint density at radius 3 is 1.57 bits per heavy atom. The van der Waals surface area contributed by atoms with E-state index in [2.05, 4.69) is 114 Å². The number of piperidine rings is 3. The molecule has 0 spiro atoms. The van der Waals surface area contributed by atoms with Gasteiger partial charge in [0.2, 0.25) is 0 Å². The maximum absolute atomic E-state index is 11.7. The molecule has 11 heteroatoms. The van der Waals surface area contributed by atoms with Crippen LogP contribution in [0.3, 0.4) is 0 Å². The van der Waals surface area contributed by atoms with Crippen molar-refractivity contribution >= 4 is 0 Å². The number of likely N-dealkylation sites (tertiary alicyclic amines) is 4. The van der Waals surface area contributed by atoms with Crippen molar-refractivity contribution in [3.8, 4) is 0 Å². The number of hydrogen-bond donors (Lipinski definition) is 0. The van der Waals surface area contributed by atoms with Gasteiger partial charge < -0.3 is 14.0 Å². The van der Waals surface area contributed by atoms with Gasteiger partial charge in [0.25, 0.3) is 11.1 Å². The molecular formula is C49H77N9O2. The van der Waals surface area contributed by atoms with E-state index in [9.17, 15) is 9.59 Å². The second-order valence-electron chi connectivity index (χ2n) is 19.7. The number of aryl methyl sites for hydroxylation is 2. The molecule has 8 aliphatic rings. The van der Waals surface area contributed by atoms with E-state index in [1.807, 2.05) is 25.4 Å². The van der Waals surface area contributed by atoms with Gasteiger partial charge in [-0.05, 0) is 103 Å². The molecule has 60 heavy (non-hydrogen) atoms. The zero-order valence-electron chi connectivity index (χ0n) is 38.5. The molecule has 10 rings (SSSR count). The zero-order valence-corrected chi connectivity index (χ0v) is 38.5. The predicted octanol–water partition coefficient (Wildman–Crippen LogP) is 5.42. The third-order valence-corrected chi connectivity index (χ3v) is 14.6. The van der Waals surface area contributed by atoms with Crippen LogP contribution in [0.25, 0.3) is 0 Å². The van der Waals surface area contributed by atoms with Crippen molar-refractivity contribution in [2.24, 2.45) is 7.05 Å². The van der Waals surface area contributed by atoms with Gasteiger partial charge in [-0.25, -0.2) is 0 Å². The summed E-state index contributed by atoms with van der Waals surface area (Å²) in [5, 5.41) is 0. The molecule has 0 amide bonds. The Hall–Kier alpha value is -3.32. The van der Waals surface area contributed by atoms with Crippen LogP contribution in [0.15, 0.2) is 82.4 Å². The van der Waals surface area contributed by atoms with Gasteiger partial charge in [-0.3, -0.25) is 39.0 Å². The van der Waals surface area contributed by atoms with Crippen LogP contribution < -0.4 is 11.1 Å². The Morgan fingerprint density at radius 2 is 1.12 bits per heavy atom. The van der Waals surface area contributed by atoms with Gasteiger partial charge in [0.05, 0.1) is 0 Å². The van der Waals surface area contributed by atoms with Gasteiger partial charge in [-0.2, -0.15) is 0 Å². The normalized spacial score (nSPS) is 28.1. The minimum atomic E-state index is 0.0898. The average Bonchev–Trinajstić information content (AvgIpc) is 3.24. The van der Waals surface area contributed by atoms with Crippen LogP contribution in [-0.2, 0) is 26.7 Å². The molecule has 11 nitrogen and oxygen atoms in total. The highest BCUT2D eigenvalue weighted by Crippen LogP contribution is 2.36. The van der Waals surface area contributed by atoms with Gasteiger partial charge in [0, 0.05) is 170 Å². The van der Waals surface area contributed by atoms with Gasteiger partial charge in [0.1, 0.15) is 0 Å². The molecule has 0 N–H and O–H groups in total. The van der Waals surface area contributed by atoms with Crippen molar-refractivity contribution < 1.29 is 0 Å². The summed E-state index contributed by atoms with van der Waals surface area (Å²) in [6.07, 6.45) is 15.8. The minimum Gasteiger partial charge on any atom is -0.348 e. The van der Waals surface area contributed by atoms with Crippen LogP contribution >= 0.6 is 0 Å². The first-order valence-corrected chi connectivity index (χ1v) is 23.4. The van der Waals surface area contributed by atoms with Gasteiger partial charge in [-0.1, -0.05) is 25.6 Å². The van der Waals surface area contributed by atoms with E-state index in [4.69, 9.17) is 0 Å². The van der Waals surface area contributed by atoms with Crippen molar-refractivity contribution in [1.82, 2.24) is 43.4 Å². The Kier molecular flexibility index (Phi) is 14.4. The van der Waals surface area contributed by atoms with Crippen molar-refractivity contribution in [1.29, 1.82) is 0 Å². The monoisotopic (exact) mass is 824 g/mol. The average molecular weight is 824 g/mol. The standard InChI is InChI=1S/C18H29N3.C16H25N3O.C15H23N3O/c1-5-8-19-10-16(7-6-15(19)4)11-21-17-9-18(21)13-20(12-17)14(2)3;1-4-17-8-13(5-6-16(17)20)9-19-14-7-15(19)11-18(10-14)12(2)3;1-11(2)17-9-13-7-14(10-17)18(13)8-12-4-5-16(3)15(19)6-12/h6-7,10,14,17-18H,4-5,8-9,11-13H2,1-3H3;5-6,8,12,14-15H,4,7,9-11H2,1-3H3;4-6,11,13-14H,7-10H2,1-3H3. The Balaban J connectivity index is 0.000000136. The lowest BCUT2D eigenvalue weighted by molar-refractivity contribution is -0.0835. The fraction of sp³-hybridized carbons (Fsp3) is 0.673. The fourth-order valence-electron chi connectivity index (χ4n) is 10.6. The number of piperazine rings is 3. The molecule has 6 unspecified atom stereocenters. The van der Waals surface area contributed by atoms with E-state index >= 15 is 0 Å². The lowest BCUT2D eigenvalue weighted by Gasteiger charge is -2.57. The van der Waals surface area contributed by atoms with Gasteiger partial charge in [-0.15, -0.1) is 0 Å². The van der Waals surface area contributed by atoms with Crippen LogP contribution in [0.2, 0.25) is 0 Å². The van der Waals surface area contributed by atoms with Crippen molar-refractivity contribution in [2.45, 2.75) is 155 Å². The molecule has 7 saturated heterocycles. The van der Waals surface area contributed by atoms with E-state index in [1.54, 1.807) is 28.3 Å². The number of aromatic nitrogens is 2. The quantitative estimate of drug-likeness (QED) is 0.280. The summed E-state index contributed by atoms with van der Waals surface area (Å²) in [6.45, 7) is 34.2. The summed E-state index contributed by atoms with van der Waals surface area (Å²) in [6, 6.07) is 13.8. The maximum atomic E-state index is 11.7. The first-order chi connectivity index (χ1) is 28.7. The Labute approximate surface area is 361 Å². The van der Waals surface area contributed by atoms with E-state index in [0.717, 1.165) is 62.5 Å². The molecule has 330 valence electrons. The molecule has 0 saturated carbocycles. The Morgan fingerprint density at radius 1 is 0.633 bits per heavy atom. The Bertz CT molecular complexity index is 1930. The topological polar surface area (TPSA) is 66.7 Å². The molecule has 0 radical (unpaired) electrons. The molecule has 6 bridgehead atoms. The summed E-state index contributed by atoms with van der Waals surface area (Å²) in [7, 11) is 1.80. The van der Waals surface area contributed by atoms with Crippen LogP contribution in [0.4, 0.5) is 0 Å². The highest BCUT2D eigenvalue weighted by molar-refractivity contribution is 5.34. The van der Waals surface area contributed by atoms with Crippen molar-refractivity contribution in [2.75, 3.05) is 52.4 Å². The molecule has 7 fully saturated rings. The molecule has 10 heterocycles. The van der Waals surface area contributed by atoms with Crippen LogP contribution in [0, 0.1) is 0 Å². The first kappa shape index (κ1) is 44.7. The van der Waals surface area contributed by atoms with Gasteiger partial charge in [0.15, 0.2) is 0 Å². The molecule has 2 aromatic rings. The number of allylic oxidation sites excluding steroid dienone is 1. The second kappa shape index (κ2) is 19.4. The summed E-state index contributed by atoms with van der Waals surface area (Å²) in [5.41, 5.74) is 5.16. The second-order valence-corrected chi connectivity index (χ2v) is 19.7. The van der Waals surface area contributed by atoms with E-state index < -0.39 is 0 Å². The largest absolute Gasteiger partial charge is 0.348 e. The van der Waals surface area contributed by atoms with Crippen molar-refractivity contribution in [3.05, 3.63) is 105 Å². The number of pyridine rings is 2. The third kappa shape index (κ3) is 10.1. The molecule has 2 aromatic heterocycles. The number of fused-ring (bicyclic) bond motifs is 6. The van der Waals surface area contributed by atoms with Crippen LogP contribution in [0.5, 0.6) is 0 Å². The van der Waals surface area contributed by atoms with Crippen LogP contribution in [0.1, 0.15) is 92.2 Å². The van der Waals surface area contributed by atoms with E-state index in [0.29, 0.717) is 42.3 Å². The molecule has 0 aromatic carbocycles. The molecule has 8 aliphatic heterocycles. The third-order valence-electron chi connectivity index (χ3n) is 14.6. The SMILES string of the molecule is C=C1C=CC(CN2C3CC2CN(C(C)C)C3)=CN1CCC.CC(C)N1CC2CC(C1)N2Cc1ccn(C)c(=O)c1.CCn1cc(CN2C3CC2CN(C(C)C)C3)ccc1=O. The predicted molar refractivity (Wildman–Crippen MR) is 246 cm³/mol. The van der Waals surface area contributed by atoms with E-state index in [-0.39, 0.29) is 11.1 Å². The first-order valence-electron chi connectivity index (χ1n) is 23.4. The molecule has 0 aliphatic carbocycles. The number of hydrogen-bond acceptors (Lipinski definition) is 9. The smallest absolute Gasteiger partial charge is 0.250 e. The lowest BCUT2D eigenvalue weighted by Crippen LogP contribution is -2.69. The maximum Gasteiger partial charge on any atom is 0.250 e. The highest BCUT2D eigenvalue weighted by Gasteiger charge is 2.46. The summed E-state index contributed by atoms with van der Waals surface area (Å²) in [4.78, 5) is 41.2. The minimum absolute atomic E-state index is 0.0898. The molecular weight excluding hydrogens is 747 g/mol. The fourth-order valence-corrected chi connectivity index (χ4v) is 10.6. The van der Waals surface area contributed by atoms with Crippen LogP contribution in [-0.4, -0.2) is 150 Å². The van der Waals surface area contributed by atoms with Crippen molar-refractivity contribution in [3.63, 3.8) is 0 Å². The number of rotatable bonds is 12.